The molecule has 8 heteroatoms. The lowest BCUT2D eigenvalue weighted by molar-refractivity contribution is 0.268. The number of aromatic nitrogens is 2. The van der Waals surface area contributed by atoms with Crippen molar-refractivity contribution < 1.29 is 9.47 Å². The average Bonchev–Trinajstić information content (AvgIpc) is 2.93. The number of fused-ring (bicyclic) bond motifs is 2. The lowest BCUT2D eigenvalue weighted by Crippen LogP contribution is -2.22. The third kappa shape index (κ3) is 5.92. The number of ether oxygens (including phenoxy) is 2. The topological polar surface area (TPSA) is 65.7 Å². The van der Waals surface area contributed by atoms with Gasteiger partial charge in [-0.3, -0.25) is 4.79 Å². The highest BCUT2D eigenvalue weighted by Crippen LogP contribution is 2.37. The molecule has 0 aliphatic carbocycles. The maximum atomic E-state index is 13.3. The van der Waals surface area contributed by atoms with E-state index >= 15 is 0 Å². The molecule has 0 saturated carbocycles. The van der Waals surface area contributed by atoms with Gasteiger partial charge in [0.05, 0.1) is 28.2 Å². The quantitative estimate of drug-likeness (QED) is 0.153. The van der Waals surface area contributed by atoms with Crippen LogP contribution in [0.2, 0.25) is 0 Å². The zero-order valence-electron chi connectivity index (χ0n) is 21.7. The van der Waals surface area contributed by atoms with Crippen LogP contribution < -0.4 is 15.0 Å². The van der Waals surface area contributed by atoms with Crippen LogP contribution in [0.1, 0.15) is 37.2 Å². The van der Waals surface area contributed by atoms with Crippen LogP contribution in [0.3, 0.4) is 0 Å². The van der Waals surface area contributed by atoms with E-state index in [9.17, 15) is 4.79 Å². The van der Waals surface area contributed by atoms with Crippen molar-refractivity contribution in [2.75, 3.05) is 6.61 Å². The van der Waals surface area contributed by atoms with Crippen LogP contribution in [-0.2, 0) is 13.0 Å². The van der Waals surface area contributed by atoms with Gasteiger partial charge in [-0.05, 0) is 81.5 Å². The Hall–Kier alpha value is -3.49. The number of aryl methyl sites for hydroxylation is 1. The Kier molecular flexibility index (Phi) is 8.43. The van der Waals surface area contributed by atoms with Crippen molar-refractivity contribution in [1.29, 1.82) is 0 Å². The molecule has 0 bridgehead atoms. The van der Waals surface area contributed by atoms with Gasteiger partial charge < -0.3 is 9.47 Å². The molecule has 4 aromatic carbocycles. The SMILES string of the molecule is CCCc1nc2ccc(Br)cc2c(=O)n1N=Cc1cc(Br)c(OCc2cccc3ccccc23)c(OCC)c1. The van der Waals surface area contributed by atoms with E-state index in [1.54, 1.807) is 12.3 Å². The molecule has 0 N–H and O–H groups in total. The van der Waals surface area contributed by atoms with Crippen molar-refractivity contribution in [2.24, 2.45) is 5.10 Å². The molecule has 1 heterocycles. The van der Waals surface area contributed by atoms with E-state index in [4.69, 9.17) is 14.5 Å². The van der Waals surface area contributed by atoms with Crippen molar-refractivity contribution in [3.63, 3.8) is 0 Å². The molecule has 0 radical (unpaired) electrons. The standard InChI is InChI=1S/C31H27Br2N3O3/c1-3-8-29-35-27-14-13-23(32)17-25(27)31(37)36(29)34-18-20-15-26(33)30(28(16-20)38-4-2)39-19-22-11-7-10-21-9-5-6-12-24(21)22/h5-7,9-18H,3-4,8,19H2,1-2H3. The van der Waals surface area contributed by atoms with Crippen molar-refractivity contribution in [2.45, 2.75) is 33.3 Å². The van der Waals surface area contributed by atoms with E-state index in [1.165, 1.54) is 10.1 Å². The fourth-order valence-corrected chi connectivity index (χ4v) is 5.39. The molecular weight excluding hydrogens is 622 g/mol. The lowest BCUT2D eigenvalue weighted by Gasteiger charge is -2.15. The molecule has 39 heavy (non-hydrogen) atoms. The molecule has 0 amide bonds. The number of hydrogen-bond acceptors (Lipinski definition) is 5. The molecule has 0 fully saturated rings. The van der Waals surface area contributed by atoms with Crippen LogP contribution in [0.4, 0.5) is 0 Å². The molecule has 5 rings (SSSR count). The minimum absolute atomic E-state index is 0.208. The number of rotatable bonds is 9. The lowest BCUT2D eigenvalue weighted by atomic mass is 10.1. The zero-order valence-corrected chi connectivity index (χ0v) is 24.8. The second-order valence-electron chi connectivity index (χ2n) is 8.99. The number of halogens is 2. The highest BCUT2D eigenvalue weighted by atomic mass is 79.9. The van der Waals surface area contributed by atoms with Crippen molar-refractivity contribution in [1.82, 2.24) is 9.66 Å². The molecule has 0 spiro atoms. The van der Waals surface area contributed by atoms with Crippen LogP contribution >= 0.6 is 31.9 Å². The van der Waals surface area contributed by atoms with Gasteiger partial charge in [0.2, 0.25) is 0 Å². The van der Waals surface area contributed by atoms with Crippen LogP contribution in [0, 0.1) is 0 Å². The van der Waals surface area contributed by atoms with Crippen LogP contribution in [0.25, 0.3) is 21.7 Å². The molecule has 6 nitrogen and oxygen atoms in total. The number of hydrogen-bond donors (Lipinski definition) is 0. The van der Waals surface area contributed by atoms with Gasteiger partial charge in [-0.1, -0.05) is 65.3 Å². The van der Waals surface area contributed by atoms with Gasteiger partial charge >= 0.3 is 0 Å². The van der Waals surface area contributed by atoms with Gasteiger partial charge in [0, 0.05) is 10.9 Å². The molecule has 0 atom stereocenters. The molecule has 0 aliphatic heterocycles. The minimum Gasteiger partial charge on any atom is -0.490 e. The molecule has 0 saturated heterocycles. The fourth-order valence-electron chi connectivity index (χ4n) is 4.46. The van der Waals surface area contributed by atoms with Crippen LogP contribution in [0.5, 0.6) is 11.5 Å². The fraction of sp³-hybridized carbons (Fsp3) is 0.194. The van der Waals surface area contributed by atoms with Gasteiger partial charge in [-0.2, -0.15) is 9.78 Å². The van der Waals surface area contributed by atoms with Crippen molar-refractivity contribution in [3.05, 3.63) is 109 Å². The van der Waals surface area contributed by atoms with E-state index in [0.717, 1.165) is 31.9 Å². The first-order chi connectivity index (χ1) is 19.0. The summed E-state index contributed by atoms with van der Waals surface area (Å²) in [5, 5.41) is 7.39. The Morgan fingerprint density at radius 2 is 1.77 bits per heavy atom. The second-order valence-corrected chi connectivity index (χ2v) is 10.8. The zero-order chi connectivity index (χ0) is 27.4. The third-order valence-corrected chi connectivity index (χ3v) is 7.34. The predicted octanol–water partition coefficient (Wildman–Crippen LogP) is 7.89. The summed E-state index contributed by atoms with van der Waals surface area (Å²) in [5.74, 6) is 1.82. The highest BCUT2D eigenvalue weighted by molar-refractivity contribution is 9.10. The maximum absolute atomic E-state index is 13.3. The highest BCUT2D eigenvalue weighted by Gasteiger charge is 2.14. The van der Waals surface area contributed by atoms with Crippen LogP contribution in [-0.4, -0.2) is 22.5 Å². The van der Waals surface area contributed by atoms with E-state index in [0.29, 0.717) is 47.9 Å². The van der Waals surface area contributed by atoms with E-state index in [2.05, 4.69) is 68.2 Å². The summed E-state index contributed by atoms with van der Waals surface area (Å²) < 4.78 is 15.2. The minimum atomic E-state index is -0.208. The van der Waals surface area contributed by atoms with Gasteiger partial charge in [0.15, 0.2) is 11.5 Å². The largest absolute Gasteiger partial charge is 0.490 e. The Morgan fingerprint density at radius 1 is 0.949 bits per heavy atom. The van der Waals surface area contributed by atoms with Crippen LogP contribution in [0.15, 0.2) is 91.6 Å². The first-order valence-corrected chi connectivity index (χ1v) is 14.4. The van der Waals surface area contributed by atoms with Gasteiger partial charge in [0.1, 0.15) is 12.4 Å². The Bertz CT molecular complexity index is 1740. The van der Waals surface area contributed by atoms with E-state index < -0.39 is 0 Å². The summed E-state index contributed by atoms with van der Waals surface area (Å²) in [6.07, 6.45) is 3.12. The Morgan fingerprint density at radius 3 is 2.59 bits per heavy atom. The average molecular weight is 649 g/mol. The second kappa shape index (κ2) is 12.1. The molecule has 198 valence electrons. The summed E-state index contributed by atoms with van der Waals surface area (Å²) in [4.78, 5) is 18.0. The molecule has 0 aliphatic rings. The summed E-state index contributed by atoms with van der Waals surface area (Å²) in [6.45, 7) is 4.84. The summed E-state index contributed by atoms with van der Waals surface area (Å²) in [5.41, 5.74) is 2.30. The predicted molar refractivity (Wildman–Crippen MR) is 164 cm³/mol. The molecule has 1 aromatic heterocycles. The molecule has 0 unspecified atom stereocenters. The van der Waals surface area contributed by atoms with E-state index in [1.807, 2.05) is 49.4 Å². The molecule has 5 aromatic rings. The van der Waals surface area contributed by atoms with Gasteiger partial charge in [0.25, 0.3) is 5.56 Å². The van der Waals surface area contributed by atoms with Crippen molar-refractivity contribution >= 4 is 59.7 Å². The Labute approximate surface area is 243 Å². The molecular formula is C31H27Br2N3O3. The number of benzene rings is 4. The Balaban J connectivity index is 1.48. The van der Waals surface area contributed by atoms with E-state index in [-0.39, 0.29) is 5.56 Å². The summed E-state index contributed by atoms with van der Waals surface area (Å²) in [6, 6.07) is 23.7. The van der Waals surface area contributed by atoms with Crippen molar-refractivity contribution in [3.8, 4) is 11.5 Å². The maximum Gasteiger partial charge on any atom is 0.282 e. The first-order valence-electron chi connectivity index (χ1n) is 12.8. The monoisotopic (exact) mass is 647 g/mol. The first kappa shape index (κ1) is 27.1. The number of nitrogens with zero attached hydrogens (tertiary/aromatic N) is 3. The third-order valence-electron chi connectivity index (χ3n) is 6.25. The normalized spacial score (nSPS) is 11.5. The smallest absolute Gasteiger partial charge is 0.282 e. The summed E-state index contributed by atoms with van der Waals surface area (Å²) in [7, 11) is 0. The summed E-state index contributed by atoms with van der Waals surface area (Å²) >= 11 is 7.11. The van der Waals surface area contributed by atoms with Gasteiger partial charge in [-0.15, -0.1) is 0 Å². The van der Waals surface area contributed by atoms with Gasteiger partial charge in [-0.25, -0.2) is 4.98 Å².